The Labute approximate surface area is 232 Å². The Hall–Kier alpha value is -3.58. The van der Waals surface area contributed by atoms with Crippen LogP contribution in [0.3, 0.4) is 0 Å². The van der Waals surface area contributed by atoms with E-state index in [9.17, 15) is 23.8 Å². The molecule has 0 aliphatic carbocycles. The summed E-state index contributed by atoms with van der Waals surface area (Å²) in [5, 5.41) is 15.6. The highest BCUT2D eigenvalue weighted by Gasteiger charge is 2.36. The number of carboxylic acid groups (broad SMARTS) is 1. The second kappa shape index (κ2) is 14.7. The highest BCUT2D eigenvalue weighted by atomic mass is 31.2. The summed E-state index contributed by atoms with van der Waals surface area (Å²) in [5.41, 5.74) is 0.636. The molecule has 1 fully saturated rings. The van der Waals surface area contributed by atoms with Gasteiger partial charge in [-0.05, 0) is 13.3 Å². The highest BCUT2D eigenvalue weighted by molar-refractivity contribution is 7.52. The molecule has 14 nitrogen and oxygen atoms in total. The summed E-state index contributed by atoms with van der Waals surface area (Å²) < 4.78 is 18.0. The molecule has 2 heterocycles. The van der Waals surface area contributed by atoms with Crippen LogP contribution < -0.4 is 10.6 Å². The molecule has 0 radical (unpaired) electrons. The maximum atomic E-state index is 13.5. The molecule has 218 valence electrons. The molecule has 0 saturated carbocycles. The summed E-state index contributed by atoms with van der Waals surface area (Å²) in [4.78, 5) is 63.0. The normalized spacial score (nSPS) is 16.0. The van der Waals surface area contributed by atoms with Crippen molar-refractivity contribution in [2.24, 2.45) is 0 Å². The molecule has 1 unspecified atom stereocenters. The van der Waals surface area contributed by atoms with E-state index in [1.807, 2.05) is 32.0 Å². The quantitative estimate of drug-likeness (QED) is 0.201. The van der Waals surface area contributed by atoms with Crippen molar-refractivity contribution in [2.45, 2.75) is 32.7 Å². The molecule has 2 atom stereocenters. The molecule has 3 rings (SSSR count). The second-order valence-corrected chi connectivity index (χ2v) is 10.9. The number of hydrogen-bond donors (Lipinski definition) is 4. The number of rotatable bonds is 13. The van der Waals surface area contributed by atoms with Crippen LogP contribution in [0.2, 0.25) is 0 Å². The minimum atomic E-state index is -4.26. The zero-order chi connectivity index (χ0) is 29.1. The van der Waals surface area contributed by atoms with Crippen molar-refractivity contribution < 1.29 is 38.3 Å². The minimum Gasteiger partial charge on any atom is -0.448 e. The minimum absolute atomic E-state index is 0.0305. The molecule has 40 heavy (non-hydrogen) atoms. The SMILES string of the molecule is CCCCOP(=O)(O)C[C@H](NC(=O)c1cc(NCC)nc(-c2ccccc2)n1)C(=O)N1CCN(OC(=O)O)CC1. The lowest BCUT2D eigenvalue weighted by molar-refractivity contribution is -0.154. The lowest BCUT2D eigenvalue weighted by atomic mass is 10.2. The Bertz CT molecular complexity index is 1210. The highest BCUT2D eigenvalue weighted by Crippen LogP contribution is 2.43. The number of unbranched alkanes of at least 4 members (excludes halogenated alkanes) is 1. The number of benzene rings is 1. The van der Waals surface area contributed by atoms with Crippen LogP contribution in [-0.2, 0) is 18.7 Å². The molecule has 15 heteroatoms. The number of carbonyl (C=O) groups excluding carboxylic acids is 2. The molecule has 0 bridgehead atoms. The largest absolute Gasteiger partial charge is 0.525 e. The van der Waals surface area contributed by atoms with Crippen molar-refractivity contribution in [1.29, 1.82) is 0 Å². The van der Waals surface area contributed by atoms with Crippen LogP contribution >= 0.6 is 7.60 Å². The van der Waals surface area contributed by atoms with Crippen molar-refractivity contribution in [3.63, 3.8) is 0 Å². The first-order valence-corrected chi connectivity index (χ1v) is 14.8. The van der Waals surface area contributed by atoms with Crippen LogP contribution in [0, 0.1) is 0 Å². The third-order valence-corrected chi connectivity index (χ3v) is 7.33. The maximum absolute atomic E-state index is 13.5. The summed E-state index contributed by atoms with van der Waals surface area (Å²) in [7, 11) is -4.26. The molecule has 1 aliphatic rings. The monoisotopic (exact) mass is 578 g/mol. The van der Waals surface area contributed by atoms with Crippen LogP contribution in [0.5, 0.6) is 0 Å². The fourth-order valence-electron chi connectivity index (χ4n) is 3.93. The van der Waals surface area contributed by atoms with Crippen molar-refractivity contribution in [2.75, 3.05) is 50.8 Å². The van der Waals surface area contributed by atoms with Gasteiger partial charge < -0.3 is 34.9 Å². The van der Waals surface area contributed by atoms with E-state index < -0.39 is 37.8 Å². The molecular weight excluding hydrogens is 543 g/mol. The van der Waals surface area contributed by atoms with E-state index in [-0.39, 0.29) is 44.3 Å². The molecule has 2 amide bonds. The fraction of sp³-hybridized carbons (Fsp3) is 0.480. The van der Waals surface area contributed by atoms with E-state index in [1.54, 1.807) is 12.1 Å². The lowest BCUT2D eigenvalue weighted by Gasteiger charge is -2.35. The third kappa shape index (κ3) is 9.26. The first-order chi connectivity index (χ1) is 19.1. The first kappa shape index (κ1) is 31.0. The first-order valence-electron chi connectivity index (χ1n) is 13.0. The number of hydrogen-bond acceptors (Lipinski definition) is 10. The average molecular weight is 579 g/mol. The standard InChI is InChI=1S/C25H35N6O8P/c1-3-5-15-38-40(36,37)17-20(24(33)30-11-13-31(14-12-30)39-25(34)35)28-23(32)19-16-21(26-4-2)29-22(27-19)18-9-7-6-8-10-18/h6-10,16,20H,3-5,11-15,17H2,1-2H3,(H,28,32)(H,34,35)(H,36,37)(H,26,27,29)/t20-/m0/s1. The van der Waals surface area contributed by atoms with Gasteiger partial charge in [-0.3, -0.25) is 14.2 Å². The van der Waals surface area contributed by atoms with E-state index in [0.29, 0.717) is 24.3 Å². The van der Waals surface area contributed by atoms with Crippen LogP contribution in [0.15, 0.2) is 36.4 Å². The van der Waals surface area contributed by atoms with Crippen molar-refractivity contribution in [3.05, 3.63) is 42.1 Å². The lowest BCUT2D eigenvalue weighted by Crippen LogP contribution is -2.56. The maximum Gasteiger partial charge on any atom is 0.525 e. The van der Waals surface area contributed by atoms with E-state index >= 15 is 0 Å². The van der Waals surface area contributed by atoms with Gasteiger partial charge in [-0.15, -0.1) is 5.06 Å². The van der Waals surface area contributed by atoms with Crippen molar-refractivity contribution >= 4 is 31.4 Å². The van der Waals surface area contributed by atoms with E-state index in [1.165, 1.54) is 16.0 Å². The number of aromatic nitrogens is 2. The van der Waals surface area contributed by atoms with Gasteiger partial charge >= 0.3 is 13.8 Å². The smallest absolute Gasteiger partial charge is 0.448 e. The summed E-state index contributed by atoms with van der Waals surface area (Å²) in [6.07, 6.45) is -0.818. The predicted octanol–water partition coefficient (Wildman–Crippen LogP) is 2.43. The van der Waals surface area contributed by atoms with Crippen LogP contribution in [0.4, 0.5) is 10.6 Å². The number of nitrogens with zero attached hydrogens (tertiary/aromatic N) is 4. The number of hydroxylamine groups is 2. The number of piperazine rings is 1. The Balaban J connectivity index is 1.84. The Morgan fingerprint density at radius 2 is 1.80 bits per heavy atom. The molecule has 1 aromatic heterocycles. The molecule has 2 aromatic rings. The topological polar surface area (TPSA) is 184 Å². The van der Waals surface area contributed by atoms with Gasteiger partial charge in [0.05, 0.1) is 25.9 Å². The third-order valence-electron chi connectivity index (χ3n) is 5.91. The average Bonchev–Trinajstić information content (AvgIpc) is 2.93. The van der Waals surface area contributed by atoms with Crippen molar-refractivity contribution in [1.82, 2.24) is 25.2 Å². The number of carbonyl (C=O) groups is 3. The summed E-state index contributed by atoms with van der Waals surface area (Å²) in [6.45, 7) is 4.71. The van der Waals surface area contributed by atoms with Crippen LogP contribution in [-0.4, -0.2) is 99.4 Å². The number of nitrogens with one attached hydrogen (secondary N) is 2. The molecule has 4 N–H and O–H groups in total. The molecular formula is C25H35N6O8P. The zero-order valence-electron chi connectivity index (χ0n) is 22.5. The molecule has 1 aliphatic heterocycles. The number of anilines is 1. The summed E-state index contributed by atoms with van der Waals surface area (Å²) in [6, 6.07) is 9.08. The molecule has 0 spiro atoms. The van der Waals surface area contributed by atoms with Gasteiger partial charge in [-0.1, -0.05) is 43.7 Å². The Morgan fingerprint density at radius 1 is 1.10 bits per heavy atom. The fourth-order valence-corrected chi connectivity index (χ4v) is 5.16. The zero-order valence-corrected chi connectivity index (χ0v) is 23.4. The second-order valence-electron chi connectivity index (χ2n) is 9.00. The molecule has 1 aromatic carbocycles. The van der Waals surface area contributed by atoms with Gasteiger partial charge in [0.25, 0.3) is 5.91 Å². The van der Waals surface area contributed by atoms with Gasteiger partial charge in [0.1, 0.15) is 17.6 Å². The van der Waals surface area contributed by atoms with Gasteiger partial charge in [0.15, 0.2) is 5.82 Å². The van der Waals surface area contributed by atoms with Crippen molar-refractivity contribution in [3.8, 4) is 11.4 Å². The van der Waals surface area contributed by atoms with Crippen LogP contribution in [0.25, 0.3) is 11.4 Å². The number of amides is 2. The van der Waals surface area contributed by atoms with Gasteiger partial charge in [-0.2, -0.15) is 0 Å². The van der Waals surface area contributed by atoms with E-state index in [2.05, 4.69) is 25.4 Å². The van der Waals surface area contributed by atoms with Gasteiger partial charge in [-0.25, -0.2) is 14.8 Å². The van der Waals surface area contributed by atoms with E-state index in [0.717, 1.165) is 6.42 Å². The summed E-state index contributed by atoms with van der Waals surface area (Å²) in [5.74, 6) is -0.661. The summed E-state index contributed by atoms with van der Waals surface area (Å²) >= 11 is 0. The van der Waals surface area contributed by atoms with Gasteiger partial charge in [0.2, 0.25) is 5.91 Å². The predicted molar refractivity (Wildman–Crippen MR) is 146 cm³/mol. The van der Waals surface area contributed by atoms with Gasteiger partial charge in [0, 0.05) is 31.3 Å². The van der Waals surface area contributed by atoms with E-state index in [4.69, 9.17) is 9.63 Å². The van der Waals surface area contributed by atoms with Crippen LogP contribution in [0.1, 0.15) is 37.2 Å². The Kier molecular flexibility index (Phi) is 11.4. The molecule has 1 saturated heterocycles. The Morgan fingerprint density at radius 3 is 2.42 bits per heavy atom.